The maximum atomic E-state index is 12.0. The number of carbonyl (C=O) groups is 1. The maximum absolute atomic E-state index is 12.0. The molecule has 0 radical (unpaired) electrons. The lowest BCUT2D eigenvalue weighted by atomic mass is 10.1. The number of ketones is 1. The zero-order chi connectivity index (χ0) is 17.0. The molecule has 0 N–H and O–H groups in total. The smallest absolute Gasteiger partial charge is 0.272 e. The largest absolute Gasteiger partial charge is 0.289 e. The van der Waals surface area contributed by atoms with E-state index < -0.39 is 15.6 Å². The van der Waals surface area contributed by atoms with E-state index in [4.69, 9.17) is 0 Å². The molecule has 0 unspecified atom stereocenters. The Kier molecular flexibility index (Phi) is 4.61. The second-order valence-corrected chi connectivity index (χ2v) is 4.81. The Bertz CT molecular complexity index is 827. The number of carbonyl (C=O) groups excluding carboxylic acids is 1. The average molecular weight is 312 g/mol. The van der Waals surface area contributed by atoms with Crippen molar-refractivity contribution in [2.45, 2.75) is 6.92 Å². The van der Waals surface area contributed by atoms with E-state index in [0.717, 1.165) is 0 Å². The SMILES string of the molecule is Cc1ccc(/C=C/C(=O)c2cccc([N+](=O)[O-])c2)cc1[N+](=O)[O-]. The van der Waals surface area contributed by atoms with Crippen LogP contribution < -0.4 is 0 Å². The van der Waals surface area contributed by atoms with E-state index in [2.05, 4.69) is 0 Å². The van der Waals surface area contributed by atoms with Crippen LogP contribution in [0.3, 0.4) is 0 Å². The molecule has 2 rings (SSSR count). The summed E-state index contributed by atoms with van der Waals surface area (Å²) in [5.74, 6) is -0.420. The van der Waals surface area contributed by atoms with Gasteiger partial charge >= 0.3 is 0 Å². The molecule has 0 aliphatic rings. The second-order valence-electron chi connectivity index (χ2n) is 4.81. The van der Waals surface area contributed by atoms with Crippen LogP contribution in [-0.4, -0.2) is 15.6 Å². The fourth-order valence-corrected chi connectivity index (χ4v) is 1.97. The van der Waals surface area contributed by atoms with E-state index in [1.807, 2.05) is 0 Å². The van der Waals surface area contributed by atoms with Gasteiger partial charge in [-0.15, -0.1) is 0 Å². The van der Waals surface area contributed by atoms with Crippen molar-refractivity contribution in [3.05, 3.63) is 85.5 Å². The van der Waals surface area contributed by atoms with E-state index in [9.17, 15) is 25.0 Å². The molecule has 0 saturated heterocycles. The molecule has 116 valence electrons. The molecule has 2 aromatic carbocycles. The van der Waals surface area contributed by atoms with Gasteiger partial charge in [-0.3, -0.25) is 25.0 Å². The van der Waals surface area contributed by atoms with Gasteiger partial charge in [-0.05, 0) is 18.6 Å². The van der Waals surface area contributed by atoms with Crippen LogP contribution in [0, 0.1) is 27.2 Å². The number of nitrogens with zero attached hydrogens (tertiary/aromatic N) is 2. The fourth-order valence-electron chi connectivity index (χ4n) is 1.97. The normalized spacial score (nSPS) is 10.7. The third-order valence-corrected chi connectivity index (χ3v) is 3.20. The van der Waals surface area contributed by atoms with Crippen molar-refractivity contribution in [3.8, 4) is 0 Å². The van der Waals surface area contributed by atoms with Gasteiger partial charge in [0.25, 0.3) is 11.4 Å². The molecule has 0 atom stereocenters. The average Bonchev–Trinajstić information content (AvgIpc) is 2.53. The van der Waals surface area contributed by atoms with Crippen molar-refractivity contribution >= 4 is 23.2 Å². The maximum Gasteiger partial charge on any atom is 0.272 e. The van der Waals surface area contributed by atoms with E-state index in [1.54, 1.807) is 19.1 Å². The summed E-state index contributed by atoms with van der Waals surface area (Å²) in [4.78, 5) is 32.6. The summed E-state index contributed by atoms with van der Waals surface area (Å²) >= 11 is 0. The predicted molar refractivity (Wildman–Crippen MR) is 84.3 cm³/mol. The van der Waals surface area contributed by atoms with Gasteiger partial charge in [0, 0.05) is 29.3 Å². The second kappa shape index (κ2) is 6.61. The molecule has 0 amide bonds. The lowest BCUT2D eigenvalue weighted by Gasteiger charge is -1.99. The Morgan fingerprint density at radius 3 is 2.43 bits per heavy atom. The minimum absolute atomic E-state index is 0.0325. The first kappa shape index (κ1) is 16.0. The first-order valence-electron chi connectivity index (χ1n) is 6.60. The Labute approximate surface area is 131 Å². The van der Waals surface area contributed by atoms with Gasteiger partial charge in [0.2, 0.25) is 0 Å². The molecular weight excluding hydrogens is 300 g/mol. The summed E-state index contributed by atoms with van der Waals surface area (Å²) in [5, 5.41) is 21.6. The van der Waals surface area contributed by atoms with Gasteiger partial charge in [0.05, 0.1) is 9.85 Å². The summed E-state index contributed by atoms with van der Waals surface area (Å²) in [5.41, 5.74) is 1.00. The van der Waals surface area contributed by atoms with Gasteiger partial charge in [-0.2, -0.15) is 0 Å². The highest BCUT2D eigenvalue weighted by molar-refractivity contribution is 6.07. The molecule has 0 heterocycles. The summed E-state index contributed by atoms with van der Waals surface area (Å²) in [7, 11) is 0. The van der Waals surface area contributed by atoms with Crippen LogP contribution in [-0.2, 0) is 0 Å². The predicted octanol–water partition coefficient (Wildman–Crippen LogP) is 3.71. The number of allylic oxidation sites excluding steroid dienone is 1. The van der Waals surface area contributed by atoms with Crippen LogP contribution in [0.2, 0.25) is 0 Å². The molecule has 7 heteroatoms. The Hall–Kier alpha value is -3.35. The zero-order valence-electron chi connectivity index (χ0n) is 12.1. The number of non-ortho nitro benzene ring substituents is 1. The van der Waals surface area contributed by atoms with Crippen LogP contribution in [0.1, 0.15) is 21.5 Å². The summed E-state index contributed by atoms with van der Waals surface area (Å²) in [6.07, 6.45) is 2.67. The van der Waals surface area contributed by atoms with Gasteiger partial charge in [-0.1, -0.05) is 30.3 Å². The van der Waals surface area contributed by atoms with Crippen LogP contribution >= 0.6 is 0 Å². The van der Waals surface area contributed by atoms with Crippen LogP contribution in [0.25, 0.3) is 6.08 Å². The summed E-state index contributed by atoms with van der Waals surface area (Å²) < 4.78 is 0. The third kappa shape index (κ3) is 3.85. The van der Waals surface area contributed by atoms with E-state index in [0.29, 0.717) is 11.1 Å². The highest BCUT2D eigenvalue weighted by Gasteiger charge is 2.11. The van der Waals surface area contributed by atoms with E-state index in [1.165, 1.54) is 42.5 Å². The van der Waals surface area contributed by atoms with Gasteiger partial charge in [-0.25, -0.2) is 0 Å². The fraction of sp³-hybridized carbons (Fsp3) is 0.0625. The van der Waals surface area contributed by atoms with E-state index in [-0.39, 0.29) is 16.9 Å². The summed E-state index contributed by atoms with van der Waals surface area (Å²) in [6.45, 7) is 1.62. The molecule has 2 aromatic rings. The highest BCUT2D eigenvalue weighted by atomic mass is 16.6. The lowest BCUT2D eigenvalue weighted by Crippen LogP contribution is -1.96. The molecule has 7 nitrogen and oxygen atoms in total. The van der Waals surface area contributed by atoms with Crippen LogP contribution in [0.5, 0.6) is 0 Å². The quantitative estimate of drug-likeness (QED) is 0.362. The number of hydrogen-bond donors (Lipinski definition) is 0. The molecule has 0 aromatic heterocycles. The van der Waals surface area contributed by atoms with Gasteiger partial charge in [0.1, 0.15) is 0 Å². The number of aryl methyl sites for hydroxylation is 1. The van der Waals surface area contributed by atoms with Crippen LogP contribution in [0.4, 0.5) is 11.4 Å². The number of benzene rings is 2. The summed E-state index contributed by atoms with van der Waals surface area (Å²) in [6, 6.07) is 9.99. The van der Waals surface area contributed by atoms with Crippen molar-refractivity contribution in [2.24, 2.45) is 0 Å². The monoisotopic (exact) mass is 312 g/mol. The number of hydrogen-bond acceptors (Lipinski definition) is 5. The Balaban J connectivity index is 2.25. The van der Waals surface area contributed by atoms with Crippen molar-refractivity contribution in [1.82, 2.24) is 0 Å². The minimum atomic E-state index is -0.580. The Morgan fingerprint density at radius 2 is 1.78 bits per heavy atom. The van der Waals surface area contributed by atoms with E-state index >= 15 is 0 Å². The highest BCUT2D eigenvalue weighted by Crippen LogP contribution is 2.20. The minimum Gasteiger partial charge on any atom is -0.289 e. The molecule has 23 heavy (non-hydrogen) atoms. The molecule has 0 aliphatic heterocycles. The Morgan fingerprint density at radius 1 is 1.04 bits per heavy atom. The number of nitro groups is 2. The zero-order valence-corrected chi connectivity index (χ0v) is 12.1. The van der Waals surface area contributed by atoms with Crippen LogP contribution in [0.15, 0.2) is 48.5 Å². The molecule has 0 spiro atoms. The topological polar surface area (TPSA) is 103 Å². The first-order valence-corrected chi connectivity index (χ1v) is 6.60. The van der Waals surface area contributed by atoms with Crippen molar-refractivity contribution in [1.29, 1.82) is 0 Å². The van der Waals surface area contributed by atoms with Gasteiger partial charge < -0.3 is 0 Å². The molecule has 0 aliphatic carbocycles. The van der Waals surface area contributed by atoms with Crippen molar-refractivity contribution in [2.75, 3.05) is 0 Å². The van der Waals surface area contributed by atoms with Crippen molar-refractivity contribution in [3.63, 3.8) is 0 Å². The standard InChI is InChI=1S/C16H12N2O5/c1-11-5-6-12(9-15(11)18(22)23)7-8-16(19)13-3-2-4-14(10-13)17(20)21/h2-10H,1H3/b8-7+. The molecule has 0 bridgehead atoms. The molecule has 0 saturated carbocycles. The van der Waals surface area contributed by atoms with Gasteiger partial charge in [0.15, 0.2) is 5.78 Å². The molecule has 0 fully saturated rings. The number of rotatable bonds is 5. The molecular formula is C16H12N2O5. The number of nitro benzene ring substituents is 2. The van der Waals surface area contributed by atoms with Crippen molar-refractivity contribution < 1.29 is 14.6 Å². The lowest BCUT2D eigenvalue weighted by molar-refractivity contribution is -0.385. The first-order chi connectivity index (χ1) is 10.9. The third-order valence-electron chi connectivity index (χ3n) is 3.20.